The number of nitrogens with one attached hydrogen (secondary N) is 2. The lowest BCUT2D eigenvalue weighted by atomic mass is 10.1. The van der Waals surface area contributed by atoms with Gasteiger partial charge in [-0.3, -0.25) is 4.79 Å². The van der Waals surface area contributed by atoms with E-state index in [9.17, 15) is 4.79 Å². The van der Waals surface area contributed by atoms with E-state index in [1.54, 1.807) is 30.3 Å². The topological polar surface area (TPSA) is 85.5 Å². The molecule has 0 aliphatic heterocycles. The molecule has 3 aromatic carbocycles. The molecule has 0 aliphatic rings. The number of amides is 1. The molecule has 7 nitrogen and oxygen atoms in total. The van der Waals surface area contributed by atoms with Crippen LogP contribution in [0.3, 0.4) is 0 Å². The van der Waals surface area contributed by atoms with Crippen LogP contribution in [0.1, 0.15) is 31.1 Å². The number of fused-ring (bicyclic) bond motifs is 1. The fraction of sp³-hybridized carbons (Fsp3) is 0.231. The predicted molar refractivity (Wildman–Crippen MR) is 134 cm³/mol. The van der Waals surface area contributed by atoms with Gasteiger partial charge in [0.1, 0.15) is 5.82 Å². The molecule has 4 aromatic rings. The van der Waals surface area contributed by atoms with Crippen molar-refractivity contribution in [2.24, 2.45) is 0 Å². The van der Waals surface area contributed by atoms with Crippen molar-refractivity contribution in [2.45, 2.75) is 20.8 Å². The van der Waals surface area contributed by atoms with E-state index in [1.807, 2.05) is 45.0 Å². The fourth-order valence-corrected chi connectivity index (χ4v) is 3.79. The number of H-pyrrole nitrogens is 1. The average Bonchev–Trinajstić information content (AvgIpc) is 3.26. The highest BCUT2D eigenvalue weighted by Gasteiger charge is 2.19. The molecular formula is C26H26ClN3O4. The number of aromatic nitrogens is 2. The number of benzene rings is 3. The molecule has 0 aliphatic carbocycles. The van der Waals surface area contributed by atoms with Gasteiger partial charge in [-0.05, 0) is 63.2 Å². The number of anilines is 1. The first-order valence-electron chi connectivity index (χ1n) is 11.2. The fourth-order valence-electron chi connectivity index (χ4n) is 3.59. The first-order chi connectivity index (χ1) is 16.5. The zero-order valence-corrected chi connectivity index (χ0v) is 20.0. The van der Waals surface area contributed by atoms with Gasteiger partial charge in [0, 0.05) is 16.8 Å². The van der Waals surface area contributed by atoms with E-state index in [1.165, 1.54) is 0 Å². The Bertz CT molecular complexity index is 1260. The van der Waals surface area contributed by atoms with Gasteiger partial charge in [-0.15, -0.1) is 0 Å². The summed E-state index contributed by atoms with van der Waals surface area (Å²) in [6.45, 7) is 6.92. The maximum atomic E-state index is 13.2. The third-order valence-electron chi connectivity index (χ3n) is 5.04. The summed E-state index contributed by atoms with van der Waals surface area (Å²) in [7, 11) is 0. The van der Waals surface area contributed by atoms with Crippen LogP contribution in [-0.2, 0) is 0 Å². The highest BCUT2D eigenvalue weighted by Crippen LogP contribution is 2.39. The Morgan fingerprint density at radius 3 is 2.26 bits per heavy atom. The van der Waals surface area contributed by atoms with E-state index in [2.05, 4.69) is 15.3 Å². The summed E-state index contributed by atoms with van der Waals surface area (Å²) in [5.74, 6) is 1.71. The number of aromatic amines is 1. The Kier molecular flexibility index (Phi) is 7.23. The summed E-state index contributed by atoms with van der Waals surface area (Å²) in [6.07, 6.45) is 0. The van der Waals surface area contributed by atoms with Crippen LogP contribution in [0, 0.1) is 0 Å². The summed E-state index contributed by atoms with van der Waals surface area (Å²) in [4.78, 5) is 21.0. The van der Waals surface area contributed by atoms with Gasteiger partial charge in [0.25, 0.3) is 5.91 Å². The standard InChI is InChI=1S/C26H26ClN3O4/c1-4-32-22-13-16(14-23(33-5-2)24(22)34-6-3)26(31)28-17-11-12-19(27)18(15-17)25-29-20-9-7-8-10-21(20)30-25/h7-15H,4-6H2,1-3H3,(H,28,31)(H,29,30). The summed E-state index contributed by atoms with van der Waals surface area (Å²) in [5.41, 5.74) is 3.39. The van der Waals surface area contributed by atoms with Gasteiger partial charge in [0.05, 0.1) is 35.9 Å². The number of imidazole rings is 1. The predicted octanol–water partition coefficient (Wildman–Crippen LogP) is 6.33. The van der Waals surface area contributed by atoms with E-state index in [4.69, 9.17) is 25.8 Å². The van der Waals surface area contributed by atoms with Gasteiger partial charge in [-0.1, -0.05) is 23.7 Å². The van der Waals surface area contributed by atoms with Gasteiger partial charge in [0.15, 0.2) is 11.5 Å². The summed E-state index contributed by atoms with van der Waals surface area (Å²) >= 11 is 6.45. The van der Waals surface area contributed by atoms with Crippen molar-refractivity contribution in [1.29, 1.82) is 0 Å². The average molecular weight is 480 g/mol. The lowest BCUT2D eigenvalue weighted by Crippen LogP contribution is -2.13. The Balaban J connectivity index is 1.65. The number of carbonyl (C=O) groups excluding carboxylic acids is 1. The molecule has 0 saturated carbocycles. The Morgan fingerprint density at radius 2 is 1.62 bits per heavy atom. The number of hydrogen-bond donors (Lipinski definition) is 2. The van der Waals surface area contributed by atoms with Crippen molar-refractivity contribution in [2.75, 3.05) is 25.1 Å². The van der Waals surface area contributed by atoms with Gasteiger partial charge in [0.2, 0.25) is 5.75 Å². The summed E-state index contributed by atoms with van der Waals surface area (Å²) < 4.78 is 17.2. The molecule has 34 heavy (non-hydrogen) atoms. The van der Waals surface area contributed by atoms with Gasteiger partial charge >= 0.3 is 0 Å². The molecule has 1 heterocycles. The molecule has 0 spiro atoms. The molecule has 0 saturated heterocycles. The molecule has 0 fully saturated rings. The third-order valence-corrected chi connectivity index (χ3v) is 5.37. The molecule has 0 atom stereocenters. The molecule has 4 rings (SSSR count). The molecular weight excluding hydrogens is 454 g/mol. The largest absolute Gasteiger partial charge is 0.490 e. The SMILES string of the molecule is CCOc1cc(C(=O)Nc2ccc(Cl)c(-c3nc4ccccc4[nH]3)c2)cc(OCC)c1OCC. The van der Waals surface area contributed by atoms with E-state index in [0.29, 0.717) is 64.7 Å². The highest BCUT2D eigenvalue weighted by atomic mass is 35.5. The number of ether oxygens (including phenoxy) is 3. The van der Waals surface area contributed by atoms with Crippen molar-refractivity contribution in [1.82, 2.24) is 9.97 Å². The van der Waals surface area contributed by atoms with Crippen molar-refractivity contribution >= 4 is 34.2 Å². The second-order valence-electron chi connectivity index (χ2n) is 7.35. The number of rotatable bonds is 9. The lowest BCUT2D eigenvalue weighted by Gasteiger charge is -2.17. The number of para-hydroxylation sites is 2. The van der Waals surface area contributed by atoms with Crippen molar-refractivity contribution in [3.63, 3.8) is 0 Å². The van der Waals surface area contributed by atoms with Crippen LogP contribution in [0.5, 0.6) is 17.2 Å². The van der Waals surface area contributed by atoms with Gasteiger partial charge < -0.3 is 24.5 Å². The van der Waals surface area contributed by atoms with Crippen molar-refractivity contribution in [3.05, 3.63) is 65.2 Å². The van der Waals surface area contributed by atoms with E-state index in [-0.39, 0.29) is 5.91 Å². The number of halogens is 1. The second kappa shape index (κ2) is 10.5. The third kappa shape index (κ3) is 4.94. The van der Waals surface area contributed by atoms with Gasteiger partial charge in [-0.2, -0.15) is 0 Å². The molecule has 1 aromatic heterocycles. The lowest BCUT2D eigenvalue weighted by molar-refractivity contribution is 0.102. The number of carbonyl (C=O) groups is 1. The van der Waals surface area contributed by atoms with Crippen LogP contribution in [0.4, 0.5) is 5.69 Å². The normalized spacial score (nSPS) is 10.8. The molecule has 2 N–H and O–H groups in total. The van der Waals surface area contributed by atoms with Crippen molar-refractivity contribution in [3.8, 4) is 28.6 Å². The molecule has 8 heteroatoms. The smallest absolute Gasteiger partial charge is 0.255 e. The van der Waals surface area contributed by atoms with Crippen LogP contribution in [-0.4, -0.2) is 35.7 Å². The second-order valence-corrected chi connectivity index (χ2v) is 7.76. The minimum Gasteiger partial charge on any atom is -0.490 e. The minimum absolute atomic E-state index is 0.317. The minimum atomic E-state index is -0.317. The van der Waals surface area contributed by atoms with Crippen LogP contribution < -0.4 is 19.5 Å². The maximum Gasteiger partial charge on any atom is 0.255 e. The zero-order chi connectivity index (χ0) is 24.1. The quantitative estimate of drug-likeness (QED) is 0.293. The first-order valence-corrected chi connectivity index (χ1v) is 11.5. The zero-order valence-electron chi connectivity index (χ0n) is 19.3. The number of hydrogen-bond acceptors (Lipinski definition) is 5. The highest BCUT2D eigenvalue weighted by molar-refractivity contribution is 6.33. The van der Waals surface area contributed by atoms with Crippen molar-refractivity contribution < 1.29 is 19.0 Å². The van der Waals surface area contributed by atoms with Crippen LogP contribution in [0.2, 0.25) is 5.02 Å². The Hall–Kier alpha value is -3.71. The van der Waals surface area contributed by atoms with Gasteiger partial charge in [-0.25, -0.2) is 4.98 Å². The molecule has 0 bridgehead atoms. The summed E-state index contributed by atoms with van der Waals surface area (Å²) in [5, 5.41) is 3.45. The molecule has 0 radical (unpaired) electrons. The maximum absolute atomic E-state index is 13.2. The number of nitrogens with zero attached hydrogens (tertiary/aromatic N) is 1. The van der Waals surface area contributed by atoms with Crippen LogP contribution in [0.25, 0.3) is 22.4 Å². The summed E-state index contributed by atoms with van der Waals surface area (Å²) in [6, 6.07) is 16.3. The van der Waals surface area contributed by atoms with E-state index >= 15 is 0 Å². The molecule has 0 unspecified atom stereocenters. The molecule has 176 valence electrons. The Morgan fingerprint density at radius 1 is 0.941 bits per heavy atom. The monoisotopic (exact) mass is 479 g/mol. The van der Waals surface area contributed by atoms with Crippen LogP contribution >= 0.6 is 11.6 Å². The van der Waals surface area contributed by atoms with E-state index in [0.717, 1.165) is 11.0 Å². The Labute approximate surface area is 203 Å². The first kappa shape index (κ1) is 23.4. The van der Waals surface area contributed by atoms with Crippen LogP contribution in [0.15, 0.2) is 54.6 Å². The molecule has 1 amide bonds. The van der Waals surface area contributed by atoms with E-state index < -0.39 is 0 Å².